The van der Waals surface area contributed by atoms with Crippen molar-refractivity contribution in [1.29, 1.82) is 0 Å². The third-order valence-electron chi connectivity index (χ3n) is 8.64. The van der Waals surface area contributed by atoms with Crippen molar-refractivity contribution >= 4 is 17.0 Å². The zero-order chi connectivity index (χ0) is 32.2. The molecule has 3 aliphatic rings. The smallest absolute Gasteiger partial charge is 0.167 e. The minimum atomic E-state index is -1.20. The van der Waals surface area contributed by atoms with Crippen LogP contribution in [0.25, 0.3) is 11.2 Å². The molecule has 7 atom stereocenters. The molecule has 0 bridgehead atoms. The fourth-order valence-corrected chi connectivity index (χ4v) is 6.38. The van der Waals surface area contributed by atoms with E-state index < -0.39 is 31.1 Å². The molecule has 0 aromatic carbocycles. The van der Waals surface area contributed by atoms with Crippen molar-refractivity contribution in [2.24, 2.45) is 17.6 Å². The standard InChI is InChI=1S/C27H40N6O4.3C2H6/c1-16(8-11-27(28)10-4-6-18-17(2)5-3-7-19(18)27)9-12-29-24-21-25(31-14-30-24)33(15-32-21)26-23(36)22(35)20(13-34)37-26;3*1-2/h6,9,14-15,17,19-20,22-23,26,34-36H,3-5,7-8,10-13,28H2,1-2H3,(H,29,30,31);3*1-2H3/b16-9+;;;/t17-,19?,20?,22?,23?,26?,27+;;;/m1.../s1. The summed E-state index contributed by atoms with van der Waals surface area (Å²) in [6, 6.07) is 0. The Hall–Kier alpha value is -2.37. The molecule has 5 rings (SSSR count). The highest BCUT2D eigenvalue weighted by Gasteiger charge is 2.44. The van der Waals surface area contributed by atoms with Crippen molar-refractivity contribution in [2.45, 2.75) is 130 Å². The van der Waals surface area contributed by atoms with Gasteiger partial charge < -0.3 is 31.1 Å². The first-order valence-electron chi connectivity index (χ1n) is 16.5. The molecule has 0 amide bonds. The van der Waals surface area contributed by atoms with Gasteiger partial charge in [-0.2, -0.15) is 0 Å². The average Bonchev–Trinajstić information content (AvgIpc) is 3.60. The van der Waals surface area contributed by atoms with Crippen LogP contribution in [0, 0.1) is 11.8 Å². The molecular weight excluding hydrogens is 544 g/mol. The Balaban J connectivity index is 0.00000101. The number of aromatic nitrogens is 4. The lowest BCUT2D eigenvalue weighted by molar-refractivity contribution is -0.0511. The first-order chi connectivity index (χ1) is 20.8. The van der Waals surface area contributed by atoms with Gasteiger partial charge in [-0.15, -0.1) is 0 Å². The molecule has 1 saturated heterocycles. The average molecular weight is 603 g/mol. The fraction of sp³-hybridized carbons (Fsp3) is 0.727. The second kappa shape index (κ2) is 17.8. The van der Waals surface area contributed by atoms with E-state index >= 15 is 0 Å². The lowest BCUT2D eigenvalue weighted by Crippen LogP contribution is -2.51. The predicted molar refractivity (Wildman–Crippen MR) is 175 cm³/mol. The molecule has 43 heavy (non-hydrogen) atoms. The van der Waals surface area contributed by atoms with Gasteiger partial charge in [0.2, 0.25) is 0 Å². The van der Waals surface area contributed by atoms with Crippen molar-refractivity contribution in [2.75, 3.05) is 18.5 Å². The van der Waals surface area contributed by atoms with Crippen LogP contribution in [0.2, 0.25) is 0 Å². The number of nitrogens with one attached hydrogen (secondary N) is 1. The Morgan fingerprint density at radius 2 is 1.84 bits per heavy atom. The SMILES string of the molecule is C/C(=C\CNc1ncnc2c1ncn2C1OC(CO)C(O)C1O)CC[C@@]1(N)CCC=C2C1CCC[C@H]2C.CC.CC.CC. The molecule has 0 spiro atoms. The van der Waals surface area contributed by atoms with Crippen molar-refractivity contribution in [1.82, 2.24) is 19.5 Å². The van der Waals surface area contributed by atoms with Crippen LogP contribution in [0.4, 0.5) is 5.82 Å². The molecule has 0 radical (unpaired) electrons. The summed E-state index contributed by atoms with van der Waals surface area (Å²) in [5.41, 5.74) is 10.8. The molecule has 5 unspecified atom stereocenters. The van der Waals surface area contributed by atoms with E-state index in [4.69, 9.17) is 10.5 Å². The number of aliphatic hydroxyl groups excluding tert-OH is 3. The van der Waals surface area contributed by atoms with Gasteiger partial charge in [-0.25, -0.2) is 15.0 Å². The minimum Gasteiger partial charge on any atom is -0.394 e. The number of rotatable bonds is 8. The van der Waals surface area contributed by atoms with E-state index in [-0.39, 0.29) is 5.54 Å². The van der Waals surface area contributed by atoms with Gasteiger partial charge in [0.25, 0.3) is 0 Å². The summed E-state index contributed by atoms with van der Waals surface area (Å²) < 4.78 is 7.19. The maximum Gasteiger partial charge on any atom is 0.167 e. The van der Waals surface area contributed by atoms with Gasteiger partial charge in [0.1, 0.15) is 24.6 Å². The van der Waals surface area contributed by atoms with Gasteiger partial charge in [0.05, 0.1) is 12.9 Å². The maximum atomic E-state index is 10.4. The van der Waals surface area contributed by atoms with Crippen LogP contribution < -0.4 is 11.1 Å². The van der Waals surface area contributed by atoms with Gasteiger partial charge in [-0.3, -0.25) is 4.57 Å². The van der Waals surface area contributed by atoms with Gasteiger partial charge in [-0.1, -0.05) is 78.2 Å². The number of hydrogen-bond donors (Lipinski definition) is 5. The number of anilines is 1. The van der Waals surface area contributed by atoms with E-state index in [0.29, 0.717) is 35.4 Å². The van der Waals surface area contributed by atoms with Gasteiger partial charge in [0, 0.05) is 12.1 Å². The number of allylic oxidation sites excluding steroid dienone is 2. The van der Waals surface area contributed by atoms with Crippen LogP contribution in [-0.4, -0.2) is 71.8 Å². The van der Waals surface area contributed by atoms with Gasteiger partial charge in [-0.05, 0) is 57.3 Å². The number of nitrogens with two attached hydrogens (primary N) is 1. The van der Waals surface area contributed by atoms with E-state index in [1.165, 1.54) is 37.5 Å². The van der Waals surface area contributed by atoms with Crippen molar-refractivity contribution in [3.63, 3.8) is 0 Å². The van der Waals surface area contributed by atoms with Crippen LogP contribution in [0.3, 0.4) is 0 Å². The molecule has 2 aliphatic carbocycles. The number of fused-ring (bicyclic) bond motifs is 2. The zero-order valence-electron chi connectivity index (χ0n) is 27.8. The molecule has 1 aliphatic heterocycles. The second-order valence-corrected chi connectivity index (χ2v) is 11.1. The summed E-state index contributed by atoms with van der Waals surface area (Å²) in [5, 5.41) is 33.2. The van der Waals surface area contributed by atoms with Crippen molar-refractivity contribution in [3.05, 3.63) is 36.0 Å². The first-order valence-corrected chi connectivity index (χ1v) is 16.5. The molecule has 244 valence electrons. The maximum absolute atomic E-state index is 10.4. The van der Waals surface area contributed by atoms with Crippen LogP contribution in [0.15, 0.2) is 36.0 Å². The van der Waals surface area contributed by atoms with E-state index in [2.05, 4.69) is 46.3 Å². The summed E-state index contributed by atoms with van der Waals surface area (Å²) >= 11 is 0. The predicted octanol–water partition coefficient (Wildman–Crippen LogP) is 5.51. The van der Waals surface area contributed by atoms with Gasteiger partial charge in [0.15, 0.2) is 23.2 Å². The number of imidazole rings is 1. The molecule has 10 nitrogen and oxygen atoms in total. The second-order valence-electron chi connectivity index (χ2n) is 11.1. The third-order valence-corrected chi connectivity index (χ3v) is 8.64. The zero-order valence-corrected chi connectivity index (χ0v) is 27.8. The number of ether oxygens (including phenoxy) is 1. The van der Waals surface area contributed by atoms with Crippen LogP contribution >= 0.6 is 0 Å². The van der Waals surface area contributed by atoms with Crippen molar-refractivity contribution < 1.29 is 20.1 Å². The number of hydrogen-bond acceptors (Lipinski definition) is 9. The molecular formula is C33H58N6O4. The minimum absolute atomic E-state index is 0.109. The Morgan fingerprint density at radius 1 is 1.12 bits per heavy atom. The molecule has 3 heterocycles. The number of aliphatic hydroxyl groups is 3. The largest absolute Gasteiger partial charge is 0.394 e. The first kappa shape index (κ1) is 36.8. The summed E-state index contributed by atoms with van der Waals surface area (Å²) in [7, 11) is 0. The summed E-state index contributed by atoms with van der Waals surface area (Å²) in [4.78, 5) is 13.1. The molecule has 10 heteroatoms. The van der Waals surface area contributed by atoms with E-state index in [1.54, 1.807) is 10.1 Å². The third kappa shape index (κ3) is 8.42. The molecule has 6 N–H and O–H groups in total. The van der Waals surface area contributed by atoms with Crippen LogP contribution in [-0.2, 0) is 4.74 Å². The Morgan fingerprint density at radius 3 is 2.51 bits per heavy atom. The summed E-state index contributed by atoms with van der Waals surface area (Å²) in [6.07, 6.45) is 11.3. The molecule has 2 aromatic heterocycles. The highest BCUT2D eigenvalue weighted by molar-refractivity contribution is 5.82. The number of nitrogens with zero attached hydrogens (tertiary/aromatic N) is 4. The summed E-state index contributed by atoms with van der Waals surface area (Å²) in [6.45, 7) is 16.7. The topological polar surface area (TPSA) is 152 Å². The Kier molecular flexibility index (Phi) is 15.2. The fourth-order valence-electron chi connectivity index (χ4n) is 6.38. The van der Waals surface area contributed by atoms with Crippen molar-refractivity contribution in [3.8, 4) is 0 Å². The lowest BCUT2D eigenvalue weighted by Gasteiger charge is -2.46. The Labute approximate surface area is 258 Å². The van der Waals surface area contributed by atoms with E-state index in [0.717, 1.165) is 25.7 Å². The molecule has 2 aromatic rings. The quantitative estimate of drug-likeness (QED) is 0.246. The molecule has 2 fully saturated rings. The van der Waals surface area contributed by atoms with E-state index in [9.17, 15) is 15.3 Å². The van der Waals surface area contributed by atoms with E-state index in [1.807, 2.05) is 41.5 Å². The Bertz CT molecular complexity index is 1170. The molecule has 1 saturated carbocycles. The monoisotopic (exact) mass is 602 g/mol. The highest BCUT2D eigenvalue weighted by Crippen LogP contribution is 2.46. The highest BCUT2D eigenvalue weighted by atomic mass is 16.6. The summed E-state index contributed by atoms with van der Waals surface area (Å²) in [5.74, 6) is 1.77. The normalized spacial score (nSPS) is 30.0. The van der Waals surface area contributed by atoms with Gasteiger partial charge >= 0.3 is 0 Å². The lowest BCUT2D eigenvalue weighted by atomic mass is 9.62. The van der Waals surface area contributed by atoms with Crippen LogP contribution in [0.5, 0.6) is 0 Å². The van der Waals surface area contributed by atoms with Crippen LogP contribution in [0.1, 0.15) is 107 Å².